The molecule has 0 bridgehead atoms. The molecule has 1 aromatic carbocycles. The van der Waals surface area contributed by atoms with Crippen LogP contribution in [0.25, 0.3) is 0 Å². The summed E-state index contributed by atoms with van der Waals surface area (Å²) < 4.78 is 23.7. The van der Waals surface area contributed by atoms with Crippen molar-refractivity contribution in [1.29, 1.82) is 0 Å². The van der Waals surface area contributed by atoms with Crippen LogP contribution < -0.4 is 4.90 Å². The molecule has 89 valence electrons. The second-order valence-corrected chi connectivity index (χ2v) is 7.63. The molecule has 1 aromatic rings. The van der Waals surface area contributed by atoms with Crippen LogP contribution >= 0.6 is 28.6 Å². The largest absolute Gasteiger partial charge is 0.377 e. The Labute approximate surface area is 110 Å². The number of rotatable bonds is 3. The van der Waals surface area contributed by atoms with Crippen LogP contribution in [-0.2, 0) is 9.84 Å². The lowest BCUT2D eigenvalue weighted by molar-refractivity contribution is 0.594. The van der Waals surface area contributed by atoms with E-state index in [-0.39, 0.29) is 4.90 Å². The van der Waals surface area contributed by atoms with E-state index in [2.05, 4.69) is 15.9 Å². The molecule has 1 radical (unpaired) electrons. The molecule has 0 saturated heterocycles. The van der Waals surface area contributed by atoms with Crippen LogP contribution in [0.3, 0.4) is 0 Å². The van der Waals surface area contributed by atoms with Crippen molar-refractivity contribution in [2.75, 3.05) is 19.0 Å². The summed E-state index contributed by atoms with van der Waals surface area (Å²) in [7, 11) is 0.287. The van der Waals surface area contributed by atoms with E-state index in [1.54, 1.807) is 12.1 Å². The van der Waals surface area contributed by atoms with Gasteiger partial charge in [0.1, 0.15) is 4.58 Å². The third-order valence-corrected chi connectivity index (χ3v) is 5.85. The second kappa shape index (κ2) is 4.98. The van der Waals surface area contributed by atoms with Gasteiger partial charge in [0, 0.05) is 14.1 Å². The number of anilines is 1. The van der Waals surface area contributed by atoms with E-state index in [9.17, 15) is 8.42 Å². The van der Waals surface area contributed by atoms with Crippen molar-refractivity contribution >= 4 is 44.1 Å². The number of sulfone groups is 1. The number of nitrogens with zero attached hydrogens (tertiary/aromatic N) is 1. The van der Waals surface area contributed by atoms with E-state index in [0.29, 0.717) is 4.47 Å². The fraction of sp³-hybridized carbons (Fsp3) is 0.400. The van der Waals surface area contributed by atoms with Crippen LogP contribution in [-0.4, -0.2) is 27.1 Å². The van der Waals surface area contributed by atoms with Crippen molar-refractivity contribution in [1.82, 2.24) is 0 Å². The first kappa shape index (κ1) is 13.9. The lowest BCUT2D eigenvalue weighted by atomic mass is 10.3. The Morgan fingerprint density at radius 1 is 1.38 bits per heavy atom. The summed E-state index contributed by atoms with van der Waals surface area (Å²) in [6, 6.07) is 5.12. The zero-order chi connectivity index (χ0) is 12.5. The predicted molar refractivity (Wildman–Crippen MR) is 72.7 cm³/mol. The Bertz CT molecular complexity index is 484. The number of hydrogen-bond acceptors (Lipinski definition) is 3. The lowest BCUT2D eigenvalue weighted by Gasteiger charge is -2.17. The van der Waals surface area contributed by atoms with Crippen molar-refractivity contribution < 1.29 is 8.42 Å². The molecule has 16 heavy (non-hydrogen) atoms. The maximum atomic E-state index is 12.0. The molecule has 1 unspecified atom stereocenters. The molecule has 0 spiro atoms. The Kier molecular flexibility index (Phi) is 4.31. The van der Waals surface area contributed by atoms with Crippen LogP contribution in [0.15, 0.2) is 27.6 Å². The summed E-state index contributed by atoms with van der Waals surface area (Å²) >= 11 is 8.16. The monoisotopic (exact) mass is 322 g/mol. The fourth-order valence-electron chi connectivity index (χ4n) is 1.24. The second-order valence-electron chi connectivity index (χ2n) is 3.60. The minimum atomic E-state index is -3.42. The predicted octanol–water partition coefficient (Wildman–Crippen LogP) is 2.83. The first-order valence-corrected chi connectivity index (χ1v) is 7.45. The summed E-state index contributed by atoms with van der Waals surface area (Å²) in [5, 5.41) is 0. The Balaban J connectivity index is 3.43. The van der Waals surface area contributed by atoms with Crippen LogP contribution in [0.4, 0.5) is 5.69 Å². The normalized spacial score (nSPS) is 13.6. The van der Waals surface area contributed by atoms with Crippen LogP contribution in [0.1, 0.15) is 6.92 Å². The molecule has 0 aromatic heterocycles. The molecular weight excluding hydrogens is 310 g/mol. The molecule has 0 aliphatic carbocycles. The number of hydrogen-bond donors (Lipinski definition) is 0. The van der Waals surface area contributed by atoms with E-state index < -0.39 is 14.4 Å². The Hall–Kier alpha value is -0.200. The summed E-state index contributed by atoms with van der Waals surface area (Å²) in [5.74, 6) is 0. The van der Waals surface area contributed by atoms with Crippen molar-refractivity contribution in [3.05, 3.63) is 22.7 Å². The molecule has 0 fully saturated rings. The third-order valence-electron chi connectivity index (χ3n) is 2.17. The molecule has 1 atom stereocenters. The van der Waals surface area contributed by atoms with E-state index in [4.69, 9.17) is 12.6 Å². The zero-order valence-electron chi connectivity index (χ0n) is 9.27. The van der Waals surface area contributed by atoms with E-state index in [0.717, 1.165) is 5.69 Å². The van der Waals surface area contributed by atoms with Gasteiger partial charge in [-0.3, -0.25) is 0 Å². The molecule has 0 heterocycles. The van der Waals surface area contributed by atoms with Gasteiger partial charge in [0.05, 0.1) is 15.1 Å². The highest BCUT2D eigenvalue weighted by Gasteiger charge is 2.24. The van der Waals surface area contributed by atoms with Gasteiger partial charge in [-0.15, -0.1) is 0 Å². The maximum absolute atomic E-state index is 12.0. The summed E-state index contributed by atoms with van der Waals surface area (Å²) in [6.45, 7) is 1.50. The highest BCUT2D eigenvalue weighted by molar-refractivity contribution is 9.10. The first-order chi connectivity index (χ1) is 7.28. The van der Waals surface area contributed by atoms with Gasteiger partial charge in [-0.05, 0) is 35.0 Å². The lowest BCUT2D eigenvalue weighted by Crippen LogP contribution is -2.15. The summed E-state index contributed by atoms with van der Waals surface area (Å²) in [6.07, 6.45) is 0. The standard InChI is InChI=1S/C10H13BrNO2S2/c1-7(15)16(13,14)9-6-4-5-8(10(9)11)12(2)3/h4-7H,1-3H3. The molecule has 0 aliphatic heterocycles. The van der Waals surface area contributed by atoms with Gasteiger partial charge in [0.15, 0.2) is 9.84 Å². The molecule has 0 aliphatic rings. The highest BCUT2D eigenvalue weighted by Crippen LogP contribution is 2.33. The Morgan fingerprint density at radius 3 is 2.38 bits per heavy atom. The minimum Gasteiger partial charge on any atom is -0.377 e. The molecule has 3 nitrogen and oxygen atoms in total. The van der Waals surface area contributed by atoms with E-state index in [1.165, 1.54) is 6.92 Å². The van der Waals surface area contributed by atoms with Gasteiger partial charge in [0.2, 0.25) is 0 Å². The number of benzene rings is 1. The average Bonchev–Trinajstić information content (AvgIpc) is 2.16. The first-order valence-electron chi connectivity index (χ1n) is 4.64. The van der Waals surface area contributed by atoms with Crippen molar-refractivity contribution in [2.24, 2.45) is 0 Å². The van der Waals surface area contributed by atoms with Crippen molar-refractivity contribution in [3.63, 3.8) is 0 Å². The van der Waals surface area contributed by atoms with E-state index >= 15 is 0 Å². The smallest absolute Gasteiger partial charge is 0.192 e. The molecule has 0 N–H and O–H groups in total. The zero-order valence-corrected chi connectivity index (χ0v) is 12.5. The summed E-state index contributed by atoms with van der Waals surface area (Å²) in [5.41, 5.74) is 0.816. The third kappa shape index (κ3) is 2.55. The molecule has 0 amide bonds. The van der Waals surface area contributed by atoms with E-state index in [1.807, 2.05) is 25.1 Å². The molecule has 0 saturated carbocycles. The van der Waals surface area contributed by atoms with Gasteiger partial charge in [0.25, 0.3) is 0 Å². The SMILES string of the molecule is CC([S])S(=O)(=O)c1cccc(N(C)C)c1Br. The molecule has 6 heteroatoms. The van der Waals surface area contributed by atoms with Crippen molar-refractivity contribution in [2.45, 2.75) is 16.4 Å². The van der Waals surface area contributed by atoms with Crippen LogP contribution in [0.2, 0.25) is 0 Å². The fourth-order valence-corrected chi connectivity index (χ4v) is 3.83. The minimum absolute atomic E-state index is 0.251. The molecular formula is C10H13BrNO2S2. The topological polar surface area (TPSA) is 37.4 Å². The van der Waals surface area contributed by atoms with Gasteiger partial charge < -0.3 is 4.90 Å². The van der Waals surface area contributed by atoms with Gasteiger partial charge in [-0.25, -0.2) is 8.42 Å². The van der Waals surface area contributed by atoms with Crippen molar-refractivity contribution in [3.8, 4) is 0 Å². The van der Waals surface area contributed by atoms with Crippen LogP contribution in [0, 0.1) is 0 Å². The average molecular weight is 323 g/mol. The molecule has 1 rings (SSSR count). The maximum Gasteiger partial charge on any atom is 0.192 e. The Morgan fingerprint density at radius 2 is 1.94 bits per heavy atom. The van der Waals surface area contributed by atoms with Gasteiger partial charge in [-0.2, -0.15) is 0 Å². The van der Waals surface area contributed by atoms with Gasteiger partial charge in [-0.1, -0.05) is 18.7 Å². The van der Waals surface area contributed by atoms with Gasteiger partial charge >= 0.3 is 0 Å². The quantitative estimate of drug-likeness (QED) is 0.858. The highest BCUT2D eigenvalue weighted by atomic mass is 79.9. The number of halogens is 1. The van der Waals surface area contributed by atoms with Crippen LogP contribution in [0.5, 0.6) is 0 Å². The summed E-state index contributed by atoms with van der Waals surface area (Å²) in [4.78, 5) is 2.10.